The van der Waals surface area contributed by atoms with Gasteiger partial charge in [-0.2, -0.15) is 0 Å². The van der Waals surface area contributed by atoms with Gasteiger partial charge < -0.3 is 4.74 Å². The Bertz CT molecular complexity index is 569. The van der Waals surface area contributed by atoms with Crippen molar-refractivity contribution >= 4 is 16.8 Å². The second-order valence-corrected chi connectivity index (χ2v) is 4.32. The summed E-state index contributed by atoms with van der Waals surface area (Å²) in [5.41, 5.74) is 1.64. The lowest BCUT2D eigenvalue weighted by atomic mass is 10.2. The third-order valence-electron chi connectivity index (χ3n) is 2.37. The van der Waals surface area contributed by atoms with Crippen molar-refractivity contribution in [2.24, 2.45) is 0 Å². The van der Waals surface area contributed by atoms with Crippen LogP contribution in [-0.2, 0) is 11.2 Å². The van der Waals surface area contributed by atoms with Crippen LogP contribution in [0.5, 0.6) is 11.5 Å². The maximum absolute atomic E-state index is 10.9. The van der Waals surface area contributed by atoms with Crippen molar-refractivity contribution in [3.8, 4) is 11.5 Å². The minimum Gasteiger partial charge on any atom is -0.455 e. The maximum atomic E-state index is 10.9. The molecule has 1 aromatic carbocycles. The third-order valence-corrected chi connectivity index (χ3v) is 2.51. The molecule has 0 saturated carbocycles. The number of benzene rings is 1. The standard InChI is InChI=1S/C14H12ClNO2/c1-10-4-2-5-11(8-10)18-13-6-3-7-16-12(13)9-14(15)17/h2-8H,9H2,1H3. The Labute approximate surface area is 110 Å². The maximum Gasteiger partial charge on any atom is 0.227 e. The average Bonchev–Trinajstić information content (AvgIpc) is 2.31. The molecule has 0 saturated heterocycles. The van der Waals surface area contributed by atoms with Crippen LogP contribution in [0.3, 0.4) is 0 Å². The van der Waals surface area contributed by atoms with E-state index in [0.717, 1.165) is 5.56 Å². The van der Waals surface area contributed by atoms with E-state index < -0.39 is 5.24 Å². The first-order valence-corrected chi connectivity index (χ1v) is 5.89. The zero-order valence-electron chi connectivity index (χ0n) is 9.89. The molecule has 0 fully saturated rings. The fourth-order valence-corrected chi connectivity index (χ4v) is 1.71. The molecule has 0 N–H and O–H groups in total. The lowest BCUT2D eigenvalue weighted by Gasteiger charge is -2.09. The van der Waals surface area contributed by atoms with Crippen molar-refractivity contribution < 1.29 is 9.53 Å². The molecule has 2 rings (SSSR count). The predicted octanol–water partition coefficient (Wildman–Crippen LogP) is 3.49. The van der Waals surface area contributed by atoms with Gasteiger partial charge in [0.15, 0.2) is 0 Å². The number of rotatable bonds is 4. The van der Waals surface area contributed by atoms with Crippen molar-refractivity contribution in [3.63, 3.8) is 0 Å². The zero-order valence-corrected chi connectivity index (χ0v) is 10.6. The van der Waals surface area contributed by atoms with E-state index in [1.807, 2.05) is 31.2 Å². The van der Waals surface area contributed by atoms with Crippen molar-refractivity contribution in [1.29, 1.82) is 0 Å². The second kappa shape index (κ2) is 5.65. The molecule has 3 nitrogen and oxygen atoms in total. The van der Waals surface area contributed by atoms with E-state index in [2.05, 4.69) is 4.98 Å². The third kappa shape index (κ3) is 3.31. The molecule has 0 aliphatic rings. The molecule has 1 heterocycles. The summed E-state index contributed by atoms with van der Waals surface area (Å²) in [5.74, 6) is 1.27. The molecule has 0 bridgehead atoms. The number of carbonyl (C=O) groups excluding carboxylic acids is 1. The van der Waals surface area contributed by atoms with Crippen LogP contribution in [0.2, 0.25) is 0 Å². The van der Waals surface area contributed by atoms with Crippen LogP contribution in [0.4, 0.5) is 0 Å². The minimum absolute atomic E-state index is 0.0591. The monoisotopic (exact) mass is 261 g/mol. The topological polar surface area (TPSA) is 39.2 Å². The lowest BCUT2D eigenvalue weighted by molar-refractivity contribution is -0.111. The molecule has 18 heavy (non-hydrogen) atoms. The van der Waals surface area contributed by atoms with Crippen LogP contribution in [0, 0.1) is 6.92 Å². The number of aromatic nitrogens is 1. The second-order valence-electron chi connectivity index (χ2n) is 3.90. The molecular formula is C14H12ClNO2. The fourth-order valence-electron chi connectivity index (χ4n) is 1.59. The molecule has 0 radical (unpaired) electrons. The predicted molar refractivity (Wildman–Crippen MR) is 70.1 cm³/mol. The Morgan fingerprint density at radius 2 is 2.17 bits per heavy atom. The first-order chi connectivity index (χ1) is 8.65. The summed E-state index contributed by atoms with van der Waals surface area (Å²) in [4.78, 5) is 15.0. The van der Waals surface area contributed by atoms with E-state index in [1.54, 1.807) is 18.3 Å². The van der Waals surface area contributed by atoms with Gasteiger partial charge in [0.25, 0.3) is 0 Å². The van der Waals surface area contributed by atoms with Gasteiger partial charge in [0.2, 0.25) is 5.24 Å². The van der Waals surface area contributed by atoms with Gasteiger partial charge in [-0.05, 0) is 48.4 Å². The van der Waals surface area contributed by atoms with E-state index in [9.17, 15) is 4.79 Å². The van der Waals surface area contributed by atoms with Gasteiger partial charge in [0.1, 0.15) is 11.5 Å². The van der Waals surface area contributed by atoms with Crippen molar-refractivity contribution in [3.05, 3.63) is 53.9 Å². The summed E-state index contributed by atoms with van der Waals surface area (Å²) in [6.45, 7) is 1.99. The zero-order chi connectivity index (χ0) is 13.0. The highest BCUT2D eigenvalue weighted by atomic mass is 35.5. The van der Waals surface area contributed by atoms with Crippen molar-refractivity contribution in [2.75, 3.05) is 0 Å². The highest BCUT2D eigenvalue weighted by Gasteiger charge is 2.09. The van der Waals surface area contributed by atoms with E-state index in [0.29, 0.717) is 17.2 Å². The summed E-state index contributed by atoms with van der Waals surface area (Å²) in [5, 5.41) is -0.456. The van der Waals surface area contributed by atoms with Crippen molar-refractivity contribution in [1.82, 2.24) is 4.98 Å². The molecule has 4 heteroatoms. The molecule has 0 spiro atoms. The first-order valence-electron chi connectivity index (χ1n) is 5.52. The lowest BCUT2D eigenvalue weighted by Crippen LogP contribution is -1.99. The smallest absolute Gasteiger partial charge is 0.227 e. The Balaban J connectivity index is 2.26. The summed E-state index contributed by atoms with van der Waals surface area (Å²) >= 11 is 5.38. The molecule has 0 aliphatic carbocycles. The average molecular weight is 262 g/mol. The molecule has 0 aliphatic heterocycles. The molecule has 0 amide bonds. The first kappa shape index (κ1) is 12.6. The van der Waals surface area contributed by atoms with Gasteiger partial charge in [-0.15, -0.1) is 0 Å². The number of nitrogens with zero attached hydrogens (tertiary/aromatic N) is 1. The van der Waals surface area contributed by atoms with E-state index in [1.165, 1.54) is 0 Å². The molecule has 0 atom stereocenters. The Morgan fingerprint density at radius 1 is 1.33 bits per heavy atom. The molecule has 92 valence electrons. The van der Waals surface area contributed by atoms with Crippen LogP contribution in [0.1, 0.15) is 11.3 Å². The van der Waals surface area contributed by atoms with E-state index >= 15 is 0 Å². The van der Waals surface area contributed by atoms with Crippen LogP contribution in [0.15, 0.2) is 42.6 Å². The van der Waals surface area contributed by atoms with Gasteiger partial charge in [-0.25, -0.2) is 0 Å². The number of hydrogen-bond donors (Lipinski definition) is 0. The summed E-state index contributed by atoms with van der Waals surface area (Å²) in [7, 11) is 0. The highest BCUT2D eigenvalue weighted by molar-refractivity contribution is 6.63. The normalized spacial score (nSPS) is 10.1. The quantitative estimate of drug-likeness (QED) is 0.791. The molecular weight excluding hydrogens is 250 g/mol. The highest BCUT2D eigenvalue weighted by Crippen LogP contribution is 2.25. The van der Waals surface area contributed by atoms with Gasteiger partial charge in [-0.3, -0.25) is 9.78 Å². The van der Waals surface area contributed by atoms with Gasteiger partial charge in [0, 0.05) is 6.20 Å². The van der Waals surface area contributed by atoms with E-state index in [4.69, 9.17) is 16.3 Å². The largest absolute Gasteiger partial charge is 0.455 e. The summed E-state index contributed by atoms with van der Waals surface area (Å²) < 4.78 is 5.72. The number of ether oxygens (including phenoxy) is 1. The van der Waals surface area contributed by atoms with Crippen LogP contribution < -0.4 is 4.74 Å². The summed E-state index contributed by atoms with van der Waals surface area (Å²) in [6.07, 6.45) is 1.67. The number of pyridine rings is 1. The van der Waals surface area contributed by atoms with Crippen molar-refractivity contribution in [2.45, 2.75) is 13.3 Å². The van der Waals surface area contributed by atoms with Crippen LogP contribution in [-0.4, -0.2) is 10.2 Å². The van der Waals surface area contributed by atoms with E-state index in [-0.39, 0.29) is 6.42 Å². The van der Waals surface area contributed by atoms with Crippen LogP contribution in [0.25, 0.3) is 0 Å². The fraction of sp³-hybridized carbons (Fsp3) is 0.143. The molecule has 1 aromatic heterocycles. The number of halogens is 1. The number of hydrogen-bond acceptors (Lipinski definition) is 3. The summed E-state index contributed by atoms with van der Waals surface area (Å²) in [6, 6.07) is 11.2. The van der Waals surface area contributed by atoms with Gasteiger partial charge >= 0.3 is 0 Å². The minimum atomic E-state index is -0.456. The number of carbonyl (C=O) groups is 1. The van der Waals surface area contributed by atoms with Gasteiger partial charge in [0.05, 0.1) is 12.1 Å². The molecule has 0 unspecified atom stereocenters. The SMILES string of the molecule is Cc1cccc(Oc2cccnc2CC(=O)Cl)c1. The Kier molecular flexibility index (Phi) is 3.95. The Hall–Kier alpha value is -1.87. The molecule has 2 aromatic rings. The van der Waals surface area contributed by atoms with Crippen LogP contribution >= 0.6 is 11.6 Å². The van der Waals surface area contributed by atoms with Gasteiger partial charge in [-0.1, -0.05) is 12.1 Å². The Morgan fingerprint density at radius 3 is 2.89 bits per heavy atom. The number of aryl methyl sites for hydroxylation is 1.